The highest BCUT2D eigenvalue weighted by molar-refractivity contribution is 5.97. The first-order valence-corrected chi connectivity index (χ1v) is 8.32. The second-order valence-electron chi connectivity index (χ2n) is 5.61. The van der Waals surface area contributed by atoms with E-state index < -0.39 is 18.0 Å². The molecule has 1 unspecified atom stereocenters. The molecule has 0 aromatic heterocycles. The van der Waals surface area contributed by atoms with Gasteiger partial charge in [-0.25, -0.2) is 4.79 Å². The van der Waals surface area contributed by atoms with Crippen molar-refractivity contribution in [1.29, 1.82) is 0 Å². The standard InChI is InChI=1S/C20H23NO5/c1-4-25-13-18(22)26-19(15-8-6-5-7-9-15)20(23)21-16-12-14(2)10-11-17(16)24-3/h5-12,19H,4,13H2,1-3H3,(H,21,23). The summed E-state index contributed by atoms with van der Waals surface area (Å²) in [5, 5.41) is 2.78. The largest absolute Gasteiger partial charge is 0.495 e. The minimum absolute atomic E-state index is 0.207. The molecule has 0 bridgehead atoms. The van der Waals surface area contributed by atoms with Crippen molar-refractivity contribution in [1.82, 2.24) is 0 Å². The summed E-state index contributed by atoms with van der Waals surface area (Å²) < 4.78 is 15.7. The second-order valence-corrected chi connectivity index (χ2v) is 5.61. The van der Waals surface area contributed by atoms with Gasteiger partial charge >= 0.3 is 5.97 Å². The van der Waals surface area contributed by atoms with E-state index in [0.717, 1.165) is 5.56 Å². The Kier molecular flexibility index (Phi) is 7.17. The van der Waals surface area contributed by atoms with E-state index in [1.165, 1.54) is 7.11 Å². The Hall–Kier alpha value is -2.86. The lowest BCUT2D eigenvalue weighted by Crippen LogP contribution is -2.27. The van der Waals surface area contributed by atoms with Crippen LogP contribution in [-0.2, 0) is 19.1 Å². The number of carbonyl (C=O) groups excluding carboxylic acids is 2. The highest BCUT2D eigenvalue weighted by Crippen LogP contribution is 2.27. The molecule has 2 aromatic rings. The van der Waals surface area contributed by atoms with Crippen molar-refractivity contribution in [2.75, 3.05) is 25.6 Å². The van der Waals surface area contributed by atoms with Crippen molar-refractivity contribution >= 4 is 17.6 Å². The van der Waals surface area contributed by atoms with Crippen LogP contribution in [0.3, 0.4) is 0 Å². The van der Waals surface area contributed by atoms with Crippen LogP contribution in [0.4, 0.5) is 5.69 Å². The topological polar surface area (TPSA) is 73.9 Å². The third-order valence-electron chi connectivity index (χ3n) is 3.63. The number of hydrogen-bond acceptors (Lipinski definition) is 5. The lowest BCUT2D eigenvalue weighted by Gasteiger charge is -2.19. The van der Waals surface area contributed by atoms with Crippen molar-refractivity contribution in [2.45, 2.75) is 20.0 Å². The summed E-state index contributed by atoms with van der Waals surface area (Å²) in [5.41, 5.74) is 2.05. The fourth-order valence-corrected chi connectivity index (χ4v) is 2.37. The molecule has 0 aliphatic heterocycles. The van der Waals surface area contributed by atoms with Crippen LogP contribution in [0, 0.1) is 6.92 Å². The zero-order valence-corrected chi connectivity index (χ0v) is 15.2. The van der Waals surface area contributed by atoms with Crippen molar-refractivity contribution in [3.05, 3.63) is 59.7 Å². The summed E-state index contributed by atoms with van der Waals surface area (Å²) in [6.45, 7) is 3.86. The summed E-state index contributed by atoms with van der Waals surface area (Å²) in [4.78, 5) is 24.8. The van der Waals surface area contributed by atoms with Gasteiger partial charge in [-0.2, -0.15) is 0 Å². The quantitative estimate of drug-likeness (QED) is 0.734. The number of anilines is 1. The van der Waals surface area contributed by atoms with Crippen LogP contribution >= 0.6 is 0 Å². The molecule has 0 aliphatic carbocycles. The molecular formula is C20H23NO5. The first-order valence-electron chi connectivity index (χ1n) is 8.32. The molecule has 2 aromatic carbocycles. The Morgan fingerprint density at radius 2 is 1.85 bits per heavy atom. The smallest absolute Gasteiger partial charge is 0.333 e. The predicted molar refractivity (Wildman–Crippen MR) is 98.1 cm³/mol. The van der Waals surface area contributed by atoms with Crippen molar-refractivity contribution in [3.63, 3.8) is 0 Å². The number of carbonyl (C=O) groups is 2. The molecular weight excluding hydrogens is 334 g/mol. The Morgan fingerprint density at radius 1 is 1.12 bits per heavy atom. The van der Waals surface area contributed by atoms with E-state index in [9.17, 15) is 9.59 Å². The van der Waals surface area contributed by atoms with Crippen LogP contribution in [0.25, 0.3) is 0 Å². The molecule has 26 heavy (non-hydrogen) atoms. The van der Waals surface area contributed by atoms with Crippen LogP contribution in [0.15, 0.2) is 48.5 Å². The van der Waals surface area contributed by atoms with Crippen molar-refractivity contribution in [2.24, 2.45) is 0 Å². The summed E-state index contributed by atoms with van der Waals surface area (Å²) in [6, 6.07) is 14.3. The number of hydrogen-bond donors (Lipinski definition) is 1. The lowest BCUT2D eigenvalue weighted by molar-refractivity contribution is -0.159. The van der Waals surface area contributed by atoms with Crippen LogP contribution in [0.1, 0.15) is 24.2 Å². The van der Waals surface area contributed by atoms with Gasteiger partial charge in [0, 0.05) is 12.2 Å². The summed E-state index contributed by atoms with van der Waals surface area (Å²) in [7, 11) is 1.52. The minimum atomic E-state index is -1.09. The fraction of sp³-hybridized carbons (Fsp3) is 0.300. The zero-order valence-electron chi connectivity index (χ0n) is 15.2. The minimum Gasteiger partial charge on any atom is -0.495 e. The van der Waals surface area contributed by atoms with Crippen molar-refractivity contribution < 1.29 is 23.8 Å². The molecule has 0 saturated carbocycles. The van der Waals surface area contributed by atoms with Gasteiger partial charge in [0.1, 0.15) is 12.4 Å². The van der Waals surface area contributed by atoms with Crippen molar-refractivity contribution in [3.8, 4) is 5.75 Å². The average molecular weight is 357 g/mol. The lowest BCUT2D eigenvalue weighted by atomic mass is 10.1. The SMILES string of the molecule is CCOCC(=O)OC(C(=O)Nc1cc(C)ccc1OC)c1ccccc1. The Morgan fingerprint density at radius 3 is 2.50 bits per heavy atom. The van der Waals surface area contributed by atoms with Gasteiger partial charge in [-0.05, 0) is 31.5 Å². The number of methoxy groups -OCH3 is 1. The van der Waals surface area contributed by atoms with Crippen LogP contribution in [0.2, 0.25) is 0 Å². The van der Waals surface area contributed by atoms with Gasteiger partial charge in [-0.15, -0.1) is 0 Å². The average Bonchev–Trinajstić information content (AvgIpc) is 2.65. The van der Waals surface area contributed by atoms with E-state index in [1.54, 1.807) is 43.3 Å². The molecule has 0 fully saturated rings. The van der Waals surface area contributed by atoms with E-state index in [2.05, 4.69) is 5.32 Å². The molecule has 0 radical (unpaired) electrons. The maximum absolute atomic E-state index is 12.8. The molecule has 138 valence electrons. The Balaban J connectivity index is 2.23. The molecule has 6 nitrogen and oxygen atoms in total. The fourth-order valence-electron chi connectivity index (χ4n) is 2.37. The van der Waals surface area contributed by atoms with Gasteiger partial charge in [0.05, 0.1) is 12.8 Å². The first kappa shape index (κ1) is 19.5. The number of esters is 1. The molecule has 1 amide bonds. The van der Waals surface area contributed by atoms with Gasteiger partial charge in [0.25, 0.3) is 5.91 Å². The summed E-state index contributed by atoms with van der Waals surface area (Å²) in [5.74, 6) is -0.548. The third-order valence-corrected chi connectivity index (χ3v) is 3.63. The summed E-state index contributed by atoms with van der Waals surface area (Å²) in [6.07, 6.45) is -1.09. The number of benzene rings is 2. The van der Waals surface area contributed by atoms with E-state index in [4.69, 9.17) is 14.2 Å². The molecule has 6 heteroatoms. The normalized spacial score (nSPS) is 11.5. The van der Waals surface area contributed by atoms with Crippen LogP contribution in [-0.4, -0.2) is 32.2 Å². The second kappa shape index (κ2) is 9.58. The number of rotatable bonds is 8. The Labute approximate surface area is 153 Å². The molecule has 1 N–H and O–H groups in total. The highest BCUT2D eigenvalue weighted by atomic mass is 16.6. The maximum atomic E-state index is 12.8. The van der Waals surface area contributed by atoms with Gasteiger partial charge < -0.3 is 19.5 Å². The van der Waals surface area contributed by atoms with Gasteiger partial charge in [0.2, 0.25) is 6.10 Å². The summed E-state index contributed by atoms with van der Waals surface area (Å²) >= 11 is 0. The third kappa shape index (κ3) is 5.32. The molecule has 1 atom stereocenters. The van der Waals surface area contributed by atoms with E-state index >= 15 is 0 Å². The number of aryl methyl sites for hydroxylation is 1. The number of amides is 1. The molecule has 2 rings (SSSR count). The molecule has 0 spiro atoms. The zero-order chi connectivity index (χ0) is 18.9. The van der Waals surface area contributed by atoms with Gasteiger partial charge in [-0.3, -0.25) is 4.79 Å². The van der Waals surface area contributed by atoms with Gasteiger partial charge in [-0.1, -0.05) is 36.4 Å². The Bertz CT molecular complexity index is 745. The predicted octanol–water partition coefficient (Wildman–Crippen LogP) is 3.26. The van der Waals surface area contributed by atoms with Gasteiger partial charge in [0.15, 0.2) is 0 Å². The van der Waals surface area contributed by atoms with E-state index in [1.807, 2.05) is 19.1 Å². The van der Waals surface area contributed by atoms with Crippen LogP contribution < -0.4 is 10.1 Å². The van der Waals surface area contributed by atoms with Crippen LogP contribution in [0.5, 0.6) is 5.75 Å². The highest BCUT2D eigenvalue weighted by Gasteiger charge is 2.26. The number of nitrogens with one attached hydrogen (secondary N) is 1. The maximum Gasteiger partial charge on any atom is 0.333 e. The molecule has 0 heterocycles. The van der Waals surface area contributed by atoms with E-state index in [0.29, 0.717) is 23.6 Å². The van der Waals surface area contributed by atoms with E-state index in [-0.39, 0.29) is 6.61 Å². The number of ether oxygens (including phenoxy) is 3. The molecule has 0 saturated heterocycles. The monoisotopic (exact) mass is 357 g/mol. The first-order chi connectivity index (χ1) is 12.5. The molecule has 0 aliphatic rings.